The molecule has 2 saturated heterocycles. The normalized spacial score (nSPS) is 23.3. The highest BCUT2D eigenvalue weighted by Gasteiger charge is 2.48. The van der Waals surface area contributed by atoms with Gasteiger partial charge in [-0.3, -0.25) is 9.35 Å². The van der Waals surface area contributed by atoms with Gasteiger partial charge >= 0.3 is 6.01 Å². The van der Waals surface area contributed by atoms with Gasteiger partial charge < -0.3 is 24.1 Å². The van der Waals surface area contributed by atoms with E-state index in [1.165, 1.54) is 0 Å². The highest BCUT2D eigenvalue weighted by molar-refractivity contribution is 8.22. The Labute approximate surface area is 234 Å². The molecule has 0 radical (unpaired) electrons. The molecule has 2 aromatic heterocycles. The molecule has 4 atom stereocenters. The zero-order valence-corrected chi connectivity index (χ0v) is 24.8. The minimum Gasteiger partial charge on any atom is -0.456 e. The summed E-state index contributed by atoms with van der Waals surface area (Å²) in [5.41, 5.74) is 9.44. The number of fused-ring (bicyclic) bond motifs is 2. The zero-order valence-electron chi connectivity index (χ0n) is 22.4. The second kappa shape index (κ2) is 11.0. The predicted molar refractivity (Wildman–Crippen MR) is 157 cm³/mol. The second-order valence-electron chi connectivity index (χ2n) is 10.6. The summed E-state index contributed by atoms with van der Waals surface area (Å²) in [6, 6.07) is 9.57. The van der Waals surface area contributed by atoms with Gasteiger partial charge in [0.2, 0.25) is 0 Å². The monoisotopic (exact) mass is 595 g/mol. The smallest absolute Gasteiger partial charge is 0.301 e. The van der Waals surface area contributed by atoms with Crippen LogP contribution in [-0.4, -0.2) is 94.7 Å². The summed E-state index contributed by atoms with van der Waals surface area (Å²) in [7, 11) is -2.98. The van der Waals surface area contributed by atoms with Crippen LogP contribution in [-0.2, 0) is 30.6 Å². The van der Waals surface area contributed by atoms with Crippen LogP contribution >= 0.6 is 21.0 Å². The first kappa shape index (κ1) is 28.4. The minimum absolute atomic E-state index is 0.153. The molecule has 13 heteroatoms. The molecule has 3 aromatic rings. The molecule has 2 aliphatic heterocycles. The molecule has 2 aliphatic rings. The average Bonchev–Trinajstić information content (AvgIpc) is 3.51. The number of aliphatic hydroxyl groups is 1. The third kappa shape index (κ3) is 6.61. The van der Waals surface area contributed by atoms with Crippen LogP contribution in [0, 0.1) is 10.5 Å². The van der Waals surface area contributed by atoms with Crippen LogP contribution in [0.1, 0.15) is 0 Å². The number of benzene rings is 1. The van der Waals surface area contributed by atoms with Gasteiger partial charge in [-0.25, -0.2) is 9.35 Å². The summed E-state index contributed by atoms with van der Waals surface area (Å²) in [6.07, 6.45) is 5.76. The Bertz CT molecular complexity index is 1590. The van der Waals surface area contributed by atoms with E-state index in [1.807, 2.05) is 49.3 Å². The molecule has 10 nitrogen and oxygen atoms in total. The highest BCUT2D eigenvalue weighted by atomic mass is 35.5. The van der Waals surface area contributed by atoms with Crippen LogP contribution in [0.15, 0.2) is 34.7 Å². The number of imidazole rings is 1. The van der Waals surface area contributed by atoms with Crippen LogP contribution in [0.3, 0.4) is 0 Å². The van der Waals surface area contributed by atoms with E-state index in [0.29, 0.717) is 34.5 Å². The van der Waals surface area contributed by atoms with Crippen LogP contribution in [0.4, 0.5) is 5.69 Å². The number of nitrogens with one attached hydrogen (secondary N) is 1. The maximum atomic E-state index is 10.1. The van der Waals surface area contributed by atoms with Crippen molar-refractivity contribution in [1.29, 1.82) is 4.78 Å². The lowest BCUT2D eigenvalue weighted by Crippen LogP contribution is -2.35. The van der Waals surface area contributed by atoms with Gasteiger partial charge in [0, 0.05) is 23.8 Å². The quantitative estimate of drug-likeness (QED) is 0.373. The molecule has 4 heterocycles. The van der Waals surface area contributed by atoms with Gasteiger partial charge in [-0.15, -0.1) is 5.69 Å². The SMILES string of the molecule is C#S(C)(C)CCOCn1c(O[C@@H]2CO[C@H]3[C@@H]2OC[C@H]3O)nc2cc(Cl)c(-c3ccc(N=S(C)(C)=N)cc3)nc21. The molecule has 0 aliphatic carbocycles. The van der Waals surface area contributed by atoms with E-state index in [9.17, 15) is 5.11 Å². The molecule has 212 valence electrons. The van der Waals surface area contributed by atoms with Gasteiger partial charge in [-0.1, -0.05) is 33.4 Å². The summed E-state index contributed by atoms with van der Waals surface area (Å²) < 4.78 is 38.0. The largest absolute Gasteiger partial charge is 0.456 e. The van der Waals surface area contributed by atoms with E-state index in [0.717, 1.165) is 17.0 Å². The topological polar surface area (TPSA) is 124 Å². The van der Waals surface area contributed by atoms with Crippen molar-refractivity contribution in [2.75, 3.05) is 50.6 Å². The fourth-order valence-corrected chi connectivity index (χ4v) is 5.92. The van der Waals surface area contributed by atoms with Crippen LogP contribution in [0.2, 0.25) is 5.02 Å². The van der Waals surface area contributed by atoms with Crippen molar-refractivity contribution >= 4 is 47.5 Å². The first-order valence-corrected chi connectivity index (χ1v) is 17.9. The highest BCUT2D eigenvalue weighted by Crippen LogP contribution is 2.34. The molecule has 0 spiro atoms. The number of aliphatic hydroxyl groups excluding tert-OH is 1. The number of pyridine rings is 1. The molecule has 2 fully saturated rings. The van der Waals surface area contributed by atoms with Crippen LogP contribution in [0.25, 0.3) is 22.4 Å². The number of hydrogen-bond acceptors (Lipinski definition) is 9. The fourth-order valence-electron chi connectivity index (χ4n) is 4.47. The Morgan fingerprint density at radius 2 is 1.87 bits per heavy atom. The third-order valence-electron chi connectivity index (χ3n) is 6.33. The third-order valence-corrected chi connectivity index (χ3v) is 8.50. The summed E-state index contributed by atoms with van der Waals surface area (Å²) >= 11 is 6.67. The molecule has 0 saturated carbocycles. The van der Waals surface area contributed by atoms with Gasteiger partial charge in [0.25, 0.3) is 0 Å². The summed E-state index contributed by atoms with van der Waals surface area (Å²) in [6.45, 7) is 1.11. The van der Waals surface area contributed by atoms with E-state index in [1.54, 1.807) is 10.6 Å². The van der Waals surface area contributed by atoms with E-state index in [4.69, 9.17) is 46.0 Å². The van der Waals surface area contributed by atoms with Gasteiger partial charge in [0.05, 0.1) is 36.2 Å². The Hall–Kier alpha value is -2.15. The Morgan fingerprint density at radius 1 is 1.15 bits per heavy atom. The first-order chi connectivity index (χ1) is 18.4. The lowest BCUT2D eigenvalue weighted by atomic mass is 10.1. The van der Waals surface area contributed by atoms with Crippen molar-refractivity contribution < 1.29 is 24.1 Å². The summed E-state index contributed by atoms with van der Waals surface area (Å²) in [4.78, 5) is 9.55. The summed E-state index contributed by atoms with van der Waals surface area (Å²) in [5, 5.41) is 10.6. The maximum Gasteiger partial charge on any atom is 0.301 e. The molecule has 5 rings (SSSR count). The average molecular weight is 596 g/mol. The standard InChI is InChI=1S/C26H34ClN5O5S2/c1-38(2,3)11-10-34-15-32-25-19(29-26(32)37-21-14-36-23-20(33)13-35-24(21)23)12-18(27)22(30-25)16-6-8-17(9-7-16)31-39(4,5)28/h1,6-9,12,20-21,23-24,28,33H,10-11,13-15H2,2-5H3/t20-,21-,23-,24-/m1/s1. The number of aromatic nitrogens is 3. The zero-order chi connectivity index (χ0) is 27.9. The lowest BCUT2D eigenvalue weighted by molar-refractivity contribution is 0.00344. The number of halogens is 1. The minimum atomic E-state index is -1.78. The predicted octanol–water partition coefficient (Wildman–Crippen LogP) is 4.28. The van der Waals surface area contributed by atoms with Crippen LogP contribution < -0.4 is 4.74 Å². The van der Waals surface area contributed by atoms with Gasteiger partial charge in [-0.05, 0) is 30.7 Å². The molecule has 0 unspecified atom stereocenters. The number of hydrogen-bond donors (Lipinski definition) is 2. The van der Waals surface area contributed by atoms with Crippen molar-refractivity contribution in [2.24, 2.45) is 4.36 Å². The number of nitrogens with zero attached hydrogens (tertiary/aromatic N) is 4. The van der Waals surface area contributed by atoms with Gasteiger partial charge in [0.1, 0.15) is 30.6 Å². The van der Waals surface area contributed by atoms with Crippen molar-refractivity contribution in [3.63, 3.8) is 0 Å². The molecule has 1 aromatic carbocycles. The molecular formula is C26H34ClN5O5S2. The molecule has 2 N–H and O–H groups in total. The summed E-state index contributed by atoms with van der Waals surface area (Å²) in [5.74, 6) is 0.751. The Kier molecular flexibility index (Phi) is 8.02. The fraction of sp³-hybridized carbons (Fsp3) is 0.500. The Balaban J connectivity index is 1.48. The van der Waals surface area contributed by atoms with Crippen molar-refractivity contribution in [3.8, 4) is 23.0 Å². The second-order valence-corrected chi connectivity index (χ2v) is 17.4. The Morgan fingerprint density at radius 3 is 2.56 bits per heavy atom. The van der Waals surface area contributed by atoms with Gasteiger partial charge in [0.15, 0.2) is 11.8 Å². The molecule has 0 amide bonds. The van der Waals surface area contributed by atoms with E-state index in [-0.39, 0.29) is 26.0 Å². The molecule has 39 heavy (non-hydrogen) atoms. The van der Waals surface area contributed by atoms with Crippen LogP contribution in [0.5, 0.6) is 6.01 Å². The number of rotatable bonds is 8. The van der Waals surface area contributed by atoms with E-state index >= 15 is 0 Å². The molecule has 0 bridgehead atoms. The van der Waals surface area contributed by atoms with E-state index < -0.39 is 37.4 Å². The van der Waals surface area contributed by atoms with Crippen molar-refractivity contribution in [1.82, 2.24) is 14.5 Å². The van der Waals surface area contributed by atoms with Gasteiger partial charge in [-0.2, -0.15) is 14.4 Å². The number of ether oxygens (including phenoxy) is 4. The lowest BCUT2D eigenvalue weighted by Gasteiger charge is -2.18. The molecular weight excluding hydrogens is 562 g/mol. The van der Waals surface area contributed by atoms with Crippen molar-refractivity contribution in [3.05, 3.63) is 35.4 Å². The van der Waals surface area contributed by atoms with Crippen molar-refractivity contribution in [2.45, 2.75) is 31.1 Å². The first-order valence-electron chi connectivity index (χ1n) is 12.4. The van der Waals surface area contributed by atoms with E-state index in [2.05, 4.69) is 9.35 Å². The maximum absolute atomic E-state index is 10.1.